The molecule has 0 N–H and O–H groups in total. The predicted molar refractivity (Wildman–Crippen MR) is 77.6 cm³/mol. The highest BCUT2D eigenvalue weighted by atomic mass is 16.2. The van der Waals surface area contributed by atoms with Crippen molar-refractivity contribution in [2.75, 3.05) is 13.1 Å². The van der Waals surface area contributed by atoms with Crippen LogP contribution in [0.3, 0.4) is 0 Å². The minimum Gasteiger partial charge on any atom is -0.343 e. The van der Waals surface area contributed by atoms with Crippen LogP contribution in [0.4, 0.5) is 0 Å². The van der Waals surface area contributed by atoms with Crippen LogP contribution in [0.1, 0.15) is 78.6 Å². The average molecular weight is 253 g/mol. The second kappa shape index (κ2) is 7.81. The van der Waals surface area contributed by atoms with Crippen LogP contribution in [0.25, 0.3) is 0 Å². The number of rotatable bonds is 0. The van der Waals surface area contributed by atoms with Crippen LogP contribution in [0, 0.1) is 5.41 Å². The molecule has 1 saturated heterocycles. The molecule has 0 aromatic carbocycles. The van der Waals surface area contributed by atoms with Gasteiger partial charge >= 0.3 is 0 Å². The first-order valence-electron chi connectivity index (χ1n) is 7.77. The lowest BCUT2D eigenvalue weighted by Gasteiger charge is -2.27. The molecule has 106 valence electrons. The molecule has 2 heteroatoms. The molecular weight excluding hydrogens is 222 g/mol. The molecule has 18 heavy (non-hydrogen) atoms. The van der Waals surface area contributed by atoms with Gasteiger partial charge in [-0.05, 0) is 31.1 Å². The van der Waals surface area contributed by atoms with Crippen LogP contribution >= 0.6 is 0 Å². The van der Waals surface area contributed by atoms with E-state index in [9.17, 15) is 4.79 Å². The number of amides is 1. The van der Waals surface area contributed by atoms with Gasteiger partial charge in [-0.3, -0.25) is 4.79 Å². The number of hydrogen-bond acceptors (Lipinski definition) is 1. The molecule has 0 atom stereocenters. The molecular formula is C16H31NO. The van der Waals surface area contributed by atoms with E-state index in [2.05, 4.69) is 13.8 Å². The molecule has 0 aromatic rings. The fraction of sp³-hybridized carbons (Fsp3) is 0.938. The number of nitrogens with zero attached hydrogens (tertiary/aromatic N) is 1. The Balaban J connectivity index is 2.47. The fourth-order valence-corrected chi connectivity index (χ4v) is 2.91. The van der Waals surface area contributed by atoms with Gasteiger partial charge in [-0.2, -0.15) is 0 Å². The smallest absolute Gasteiger partial charge is 0.219 e. The molecule has 1 fully saturated rings. The van der Waals surface area contributed by atoms with Gasteiger partial charge in [-0.25, -0.2) is 0 Å². The summed E-state index contributed by atoms with van der Waals surface area (Å²) in [6.45, 7) is 8.40. The van der Waals surface area contributed by atoms with E-state index in [1.54, 1.807) is 6.92 Å². The topological polar surface area (TPSA) is 20.3 Å². The summed E-state index contributed by atoms with van der Waals surface area (Å²) in [4.78, 5) is 13.6. The maximum Gasteiger partial charge on any atom is 0.219 e. The van der Waals surface area contributed by atoms with Gasteiger partial charge in [0.1, 0.15) is 0 Å². The van der Waals surface area contributed by atoms with Crippen LogP contribution in [-0.4, -0.2) is 23.9 Å². The maximum atomic E-state index is 11.6. The van der Waals surface area contributed by atoms with Gasteiger partial charge in [-0.15, -0.1) is 0 Å². The van der Waals surface area contributed by atoms with Crippen LogP contribution in [0.2, 0.25) is 0 Å². The molecule has 1 amide bonds. The number of carbonyl (C=O) groups is 1. The van der Waals surface area contributed by atoms with Gasteiger partial charge in [0.2, 0.25) is 5.91 Å². The Kier molecular flexibility index (Phi) is 6.73. The summed E-state index contributed by atoms with van der Waals surface area (Å²) in [5.41, 5.74) is 0.455. The van der Waals surface area contributed by atoms with Crippen LogP contribution in [0.5, 0.6) is 0 Å². The standard InChI is InChI=1S/C16H31NO/c1-15(18)17-13-9-7-5-4-6-8-11-16(2,3)12-10-14-17/h4-14H2,1-3H3. The van der Waals surface area contributed by atoms with Crippen LogP contribution < -0.4 is 0 Å². The zero-order valence-corrected chi connectivity index (χ0v) is 12.6. The van der Waals surface area contributed by atoms with Crippen molar-refractivity contribution in [2.45, 2.75) is 78.6 Å². The fourth-order valence-electron chi connectivity index (χ4n) is 2.91. The second-order valence-corrected chi connectivity index (χ2v) is 6.65. The summed E-state index contributed by atoms with van der Waals surface area (Å²) in [6.07, 6.45) is 11.7. The summed E-state index contributed by atoms with van der Waals surface area (Å²) in [5, 5.41) is 0. The lowest BCUT2D eigenvalue weighted by Crippen LogP contribution is -2.31. The summed E-state index contributed by atoms with van der Waals surface area (Å²) < 4.78 is 0. The van der Waals surface area contributed by atoms with Crippen molar-refractivity contribution in [3.8, 4) is 0 Å². The van der Waals surface area contributed by atoms with Gasteiger partial charge < -0.3 is 4.90 Å². The quantitative estimate of drug-likeness (QED) is 0.627. The molecule has 0 unspecified atom stereocenters. The molecule has 0 radical (unpaired) electrons. The molecule has 1 aliphatic heterocycles. The first-order chi connectivity index (χ1) is 8.51. The van der Waals surface area contributed by atoms with E-state index in [4.69, 9.17) is 0 Å². The van der Waals surface area contributed by atoms with E-state index in [1.165, 1.54) is 51.4 Å². The van der Waals surface area contributed by atoms with Crippen molar-refractivity contribution in [1.29, 1.82) is 0 Å². The van der Waals surface area contributed by atoms with Crippen molar-refractivity contribution in [3.63, 3.8) is 0 Å². The molecule has 1 heterocycles. The van der Waals surface area contributed by atoms with Gasteiger partial charge in [0.05, 0.1) is 0 Å². The van der Waals surface area contributed by atoms with E-state index >= 15 is 0 Å². The van der Waals surface area contributed by atoms with Gasteiger partial charge in [0.25, 0.3) is 0 Å². The lowest BCUT2D eigenvalue weighted by molar-refractivity contribution is -0.129. The summed E-state index contributed by atoms with van der Waals surface area (Å²) in [5.74, 6) is 0.252. The van der Waals surface area contributed by atoms with Crippen molar-refractivity contribution in [3.05, 3.63) is 0 Å². The Hall–Kier alpha value is -0.530. The normalized spacial score (nSPS) is 23.6. The summed E-state index contributed by atoms with van der Waals surface area (Å²) in [7, 11) is 0. The van der Waals surface area contributed by atoms with Crippen molar-refractivity contribution in [2.24, 2.45) is 5.41 Å². The summed E-state index contributed by atoms with van der Waals surface area (Å²) in [6, 6.07) is 0. The van der Waals surface area contributed by atoms with E-state index < -0.39 is 0 Å². The number of hydrogen-bond donors (Lipinski definition) is 0. The minimum atomic E-state index is 0.252. The van der Waals surface area contributed by atoms with Crippen molar-refractivity contribution >= 4 is 5.91 Å². The molecule has 0 saturated carbocycles. The van der Waals surface area contributed by atoms with Crippen molar-refractivity contribution < 1.29 is 4.79 Å². The van der Waals surface area contributed by atoms with Gasteiger partial charge in [0, 0.05) is 20.0 Å². The van der Waals surface area contributed by atoms with E-state index in [-0.39, 0.29) is 5.91 Å². The third-order valence-corrected chi connectivity index (χ3v) is 4.26. The van der Waals surface area contributed by atoms with Crippen molar-refractivity contribution in [1.82, 2.24) is 4.90 Å². The molecule has 0 bridgehead atoms. The molecule has 0 aliphatic carbocycles. The highest BCUT2D eigenvalue weighted by Crippen LogP contribution is 2.29. The SMILES string of the molecule is CC(=O)N1CCCCCCCCC(C)(C)CCC1. The Morgan fingerprint density at radius 1 is 0.833 bits per heavy atom. The van der Waals surface area contributed by atoms with Gasteiger partial charge in [0.15, 0.2) is 0 Å². The maximum absolute atomic E-state index is 11.6. The van der Waals surface area contributed by atoms with E-state index in [0.717, 1.165) is 19.5 Å². The highest BCUT2D eigenvalue weighted by molar-refractivity contribution is 5.73. The third-order valence-electron chi connectivity index (χ3n) is 4.26. The number of carbonyl (C=O) groups excluding carboxylic acids is 1. The summed E-state index contributed by atoms with van der Waals surface area (Å²) >= 11 is 0. The molecule has 1 aliphatic rings. The highest BCUT2D eigenvalue weighted by Gasteiger charge is 2.18. The zero-order valence-electron chi connectivity index (χ0n) is 12.6. The Labute approximate surface area is 113 Å². The Bertz CT molecular complexity index is 247. The zero-order chi connectivity index (χ0) is 13.4. The first kappa shape index (κ1) is 15.5. The largest absolute Gasteiger partial charge is 0.343 e. The second-order valence-electron chi connectivity index (χ2n) is 6.65. The molecule has 1 rings (SSSR count). The van der Waals surface area contributed by atoms with E-state index in [1.807, 2.05) is 4.90 Å². The Morgan fingerprint density at radius 2 is 1.33 bits per heavy atom. The molecule has 0 spiro atoms. The first-order valence-corrected chi connectivity index (χ1v) is 7.77. The van der Waals surface area contributed by atoms with Gasteiger partial charge in [-0.1, -0.05) is 46.0 Å². The predicted octanol–water partition coefficient (Wildman–Crippen LogP) is 4.39. The van der Waals surface area contributed by atoms with Crippen LogP contribution in [0.15, 0.2) is 0 Å². The molecule has 0 aromatic heterocycles. The Morgan fingerprint density at radius 3 is 2.00 bits per heavy atom. The third kappa shape index (κ3) is 6.42. The molecule has 2 nitrogen and oxygen atoms in total. The minimum absolute atomic E-state index is 0.252. The average Bonchev–Trinajstić information content (AvgIpc) is 2.30. The lowest BCUT2D eigenvalue weighted by atomic mass is 9.82. The van der Waals surface area contributed by atoms with E-state index in [0.29, 0.717) is 5.41 Å². The monoisotopic (exact) mass is 253 g/mol. The van der Waals surface area contributed by atoms with Crippen LogP contribution in [-0.2, 0) is 4.79 Å².